The Morgan fingerprint density at radius 2 is 2.23 bits per heavy atom. The Labute approximate surface area is 89.3 Å². The Balaban J connectivity index is 2.80. The van der Waals surface area contributed by atoms with Gasteiger partial charge >= 0.3 is 0 Å². The first-order valence-corrected chi connectivity index (χ1v) is 5.70. The molecule has 1 aromatic heterocycles. The quantitative estimate of drug-likeness (QED) is 0.703. The molecule has 0 fully saturated rings. The number of aryl methyl sites for hydroxylation is 1. The van der Waals surface area contributed by atoms with E-state index in [-0.39, 0.29) is 10.8 Å². The van der Waals surface area contributed by atoms with Gasteiger partial charge in [0, 0.05) is 15.7 Å². The molecule has 3 heteroatoms. The van der Waals surface area contributed by atoms with Crippen LogP contribution >= 0.6 is 23.1 Å². The summed E-state index contributed by atoms with van der Waals surface area (Å²) in [5.74, 6) is 0. The first-order chi connectivity index (χ1) is 5.92. The SMILES string of the molecule is Cc1cc(C(C)(C)CC(C)Cl)sn1. The van der Waals surface area contributed by atoms with E-state index < -0.39 is 0 Å². The molecule has 0 N–H and O–H groups in total. The Hall–Kier alpha value is -0.0800. The molecule has 0 saturated carbocycles. The van der Waals surface area contributed by atoms with Gasteiger partial charge < -0.3 is 0 Å². The Morgan fingerprint density at radius 1 is 1.62 bits per heavy atom. The van der Waals surface area contributed by atoms with Gasteiger partial charge in [0.2, 0.25) is 0 Å². The maximum atomic E-state index is 6.00. The highest BCUT2D eigenvalue weighted by molar-refractivity contribution is 7.06. The molecule has 13 heavy (non-hydrogen) atoms. The van der Waals surface area contributed by atoms with Gasteiger partial charge in [-0.25, -0.2) is 0 Å². The van der Waals surface area contributed by atoms with Gasteiger partial charge in [0.15, 0.2) is 0 Å². The Kier molecular flexibility index (Phi) is 3.36. The third-order valence-corrected chi connectivity index (χ3v) is 3.49. The van der Waals surface area contributed by atoms with Crippen LogP contribution in [0.1, 0.15) is 37.8 Å². The minimum Gasteiger partial charge on any atom is -0.198 e. The molecular weight excluding hydrogens is 202 g/mol. The smallest absolute Gasteiger partial charge is 0.0514 e. The highest BCUT2D eigenvalue weighted by atomic mass is 35.5. The van der Waals surface area contributed by atoms with Crippen molar-refractivity contribution < 1.29 is 0 Å². The van der Waals surface area contributed by atoms with Gasteiger partial charge in [-0.15, -0.1) is 11.6 Å². The molecule has 0 aromatic carbocycles. The molecule has 1 heterocycles. The number of hydrogen-bond donors (Lipinski definition) is 0. The van der Waals surface area contributed by atoms with E-state index >= 15 is 0 Å². The predicted octanol–water partition coefficient (Wildman–Crippen LogP) is 3.75. The lowest BCUT2D eigenvalue weighted by Crippen LogP contribution is -2.19. The van der Waals surface area contributed by atoms with E-state index in [0.29, 0.717) is 0 Å². The number of aromatic nitrogens is 1. The second-order valence-corrected chi connectivity index (χ2v) is 5.75. The van der Waals surface area contributed by atoms with Crippen LogP contribution in [0.5, 0.6) is 0 Å². The number of alkyl halides is 1. The van der Waals surface area contributed by atoms with E-state index in [2.05, 4.69) is 24.3 Å². The topological polar surface area (TPSA) is 12.9 Å². The van der Waals surface area contributed by atoms with Gasteiger partial charge in [-0.2, -0.15) is 4.37 Å². The van der Waals surface area contributed by atoms with Crippen LogP contribution in [0.3, 0.4) is 0 Å². The van der Waals surface area contributed by atoms with Crippen LogP contribution in [-0.2, 0) is 5.41 Å². The highest BCUT2D eigenvalue weighted by Gasteiger charge is 2.24. The van der Waals surface area contributed by atoms with E-state index in [4.69, 9.17) is 11.6 Å². The third kappa shape index (κ3) is 2.96. The summed E-state index contributed by atoms with van der Waals surface area (Å²) in [4.78, 5) is 1.33. The number of halogens is 1. The van der Waals surface area contributed by atoms with Crippen molar-refractivity contribution in [2.75, 3.05) is 0 Å². The van der Waals surface area contributed by atoms with Gasteiger partial charge in [0.1, 0.15) is 0 Å². The number of rotatable bonds is 3. The van der Waals surface area contributed by atoms with Crippen LogP contribution in [0.2, 0.25) is 0 Å². The molecule has 0 aliphatic carbocycles. The molecule has 0 aliphatic rings. The molecule has 0 aliphatic heterocycles. The average molecular weight is 218 g/mol. The Bertz CT molecular complexity index is 278. The number of nitrogens with zero attached hydrogens (tertiary/aromatic N) is 1. The van der Waals surface area contributed by atoms with Crippen molar-refractivity contribution in [2.24, 2.45) is 0 Å². The van der Waals surface area contributed by atoms with Crippen molar-refractivity contribution in [1.82, 2.24) is 4.37 Å². The maximum absolute atomic E-state index is 6.00. The Morgan fingerprint density at radius 3 is 2.62 bits per heavy atom. The predicted molar refractivity (Wildman–Crippen MR) is 59.8 cm³/mol. The fraction of sp³-hybridized carbons (Fsp3) is 0.700. The van der Waals surface area contributed by atoms with E-state index in [1.807, 2.05) is 13.8 Å². The van der Waals surface area contributed by atoms with Crippen molar-refractivity contribution in [3.63, 3.8) is 0 Å². The molecule has 0 bridgehead atoms. The summed E-state index contributed by atoms with van der Waals surface area (Å²) in [6, 6.07) is 2.16. The van der Waals surface area contributed by atoms with E-state index in [1.165, 1.54) is 4.88 Å². The molecule has 1 unspecified atom stereocenters. The van der Waals surface area contributed by atoms with Gasteiger partial charge in [-0.05, 0) is 37.9 Å². The first-order valence-electron chi connectivity index (χ1n) is 4.50. The summed E-state index contributed by atoms with van der Waals surface area (Å²) in [5, 5.41) is 0.220. The monoisotopic (exact) mass is 217 g/mol. The van der Waals surface area contributed by atoms with Crippen molar-refractivity contribution in [1.29, 1.82) is 0 Å². The highest BCUT2D eigenvalue weighted by Crippen LogP contribution is 2.32. The normalized spacial score (nSPS) is 14.5. The van der Waals surface area contributed by atoms with Crippen molar-refractivity contribution in [3.8, 4) is 0 Å². The summed E-state index contributed by atoms with van der Waals surface area (Å²) < 4.78 is 4.29. The lowest BCUT2D eigenvalue weighted by Gasteiger charge is -2.23. The largest absolute Gasteiger partial charge is 0.198 e. The van der Waals surface area contributed by atoms with Gasteiger partial charge in [0.05, 0.1) is 5.69 Å². The van der Waals surface area contributed by atoms with Crippen LogP contribution in [-0.4, -0.2) is 9.75 Å². The standard InChI is InChI=1S/C10H16ClNS/c1-7(11)6-10(3,4)9-5-8(2)12-13-9/h5,7H,6H2,1-4H3. The number of hydrogen-bond acceptors (Lipinski definition) is 2. The fourth-order valence-electron chi connectivity index (χ4n) is 1.49. The summed E-state index contributed by atoms with van der Waals surface area (Å²) in [6.45, 7) is 8.51. The lowest BCUT2D eigenvalue weighted by atomic mass is 9.86. The van der Waals surface area contributed by atoms with Crippen molar-refractivity contribution in [2.45, 2.75) is 44.9 Å². The summed E-state index contributed by atoms with van der Waals surface area (Å²) in [6.07, 6.45) is 0.996. The molecule has 1 aromatic rings. The van der Waals surface area contributed by atoms with E-state index in [0.717, 1.165) is 12.1 Å². The van der Waals surface area contributed by atoms with Crippen LogP contribution in [0.25, 0.3) is 0 Å². The van der Waals surface area contributed by atoms with Gasteiger partial charge in [-0.3, -0.25) is 0 Å². The summed E-state index contributed by atoms with van der Waals surface area (Å²) in [5.41, 5.74) is 1.27. The summed E-state index contributed by atoms with van der Waals surface area (Å²) in [7, 11) is 0. The second kappa shape index (κ2) is 3.97. The van der Waals surface area contributed by atoms with Gasteiger partial charge in [0.25, 0.3) is 0 Å². The average Bonchev–Trinajstić information content (AvgIpc) is 2.32. The molecule has 1 rings (SSSR count). The molecule has 1 nitrogen and oxygen atoms in total. The van der Waals surface area contributed by atoms with Crippen LogP contribution in [0, 0.1) is 6.92 Å². The zero-order valence-electron chi connectivity index (χ0n) is 8.60. The third-order valence-electron chi connectivity index (χ3n) is 2.09. The van der Waals surface area contributed by atoms with Crippen molar-refractivity contribution >= 4 is 23.1 Å². The molecule has 0 spiro atoms. The van der Waals surface area contributed by atoms with E-state index in [1.54, 1.807) is 11.5 Å². The van der Waals surface area contributed by atoms with Crippen LogP contribution < -0.4 is 0 Å². The first kappa shape index (κ1) is 11.0. The van der Waals surface area contributed by atoms with Crippen LogP contribution in [0.4, 0.5) is 0 Å². The minimum atomic E-state index is 0.160. The van der Waals surface area contributed by atoms with Crippen LogP contribution in [0.15, 0.2) is 6.07 Å². The molecule has 74 valence electrons. The zero-order valence-corrected chi connectivity index (χ0v) is 10.2. The second-order valence-electron chi connectivity index (χ2n) is 4.20. The molecule has 0 radical (unpaired) electrons. The molecule has 0 saturated heterocycles. The summed E-state index contributed by atoms with van der Waals surface area (Å²) >= 11 is 7.59. The van der Waals surface area contributed by atoms with Crippen molar-refractivity contribution in [3.05, 3.63) is 16.6 Å². The zero-order chi connectivity index (χ0) is 10.1. The van der Waals surface area contributed by atoms with Gasteiger partial charge in [-0.1, -0.05) is 13.8 Å². The maximum Gasteiger partial charge on any atom is 0.0514 e. The fourth-order valence-corrected chi connectivity index (χ4v) is 2.72. The molecule has 0 amide bonds. The minimum absolute atomic E-state index is 0.160. The molecule has 1 atom stereocenters. The molecular formula is C10H16ClNS. The lowest BCUT2D eigenvalue weighted by molar-refractivity contribution is 0.486. The van der Waals surface area contributed by atoms with E-state index in [9.17, 15) is 0 Å².